The van der Waals surface area contributed by atoms with Crippen LogP contribution in [-0.2, 0) is 11.3 Å². The van der Waals surface area contributed by atoms with E-state index < -0.39 is 0 Å². The lowest BCUT2D eigenvalue weighted by Gasteiger charge is -2.18. The van der Waals surface area contributed by atoms with Crippen molar-refractivity contribution >= 4 is 22.6 Å². The topological polar surface area (TPSA) is 56.6 Å². The number of amides is 1. The number of carbonyl (C=O) groups excluding carboxylic acids is 1. The third-order valence-corrected chi connectivity index (χ3v) is 5.87. The van der Waals surface area contributed by atoms with Gasteiger partial charge in [0.1, 0.15) is 23.9 Å². The summed E-state index contributed by atoms with van der Waals surface area (Å²) in [6.07, 6.45) is 0.431. The molecule has 1 aromatic heterocycles. The number of anilines is 1. The Balaban J connectivity index is 1.41. The minimum atomic E-state index is 0.0119. The summed E-state index contributed by atoms with van der Waals surface area (Å²) in [5.41, 5.74) is 2.85. The second-order valence-corrected chi connectivity index (χ2v) is 7.88. The number of aromatic nitrogens is 2. The molecule has 2 heterocycles. The Morgan fingerprint density at radius 2 is 1.75 bits per heavy atom. The molecular weight excluding hydrogens is 402 g/mol. The molecule has 3 aromatic carbocycles. The average Bonchev–Trinajstić information content (AvgIpc) is 3.40. The van der Waals surface area contributed by atoms with Gasteiger partial charge in [-0.3, -0.25) is 4.79 Å². The van der Waals surface area contributed by atoms with E-state index in [0.717, 1.165) is 34.0 Å². The highest BCUT2D eigenvalue weighted by atomic mass is 16.5. The van der Waals surface area contributed by atoms with Gasteiger partial charge in [0, 0.05) is 30.6 Å². The molecule has 0 unspecified atom stereocenters. The molecule has 0 N–H and O–H groups in total. The fraction of sp³-hybridized carbons (Fsp3) is 0.231. The Labute approximate surface area is 187 Å². The maximum Gasteiger partial charge on any atom is 0.227 e. The maximum atomic E-state index is 12.9. The van der Waals surface area contributed by atoms with Crippen molar-refractivity contribution in [1.82, 2.24) is 9.55 Å². The van der Waals surface area contributed by atoms with Gasteiger partial charge in [0.05, 0.1) is 24.7 Å². The summed E-state index contributed by atoms with van der Waals surface area (Å²) in [4.78, 5) is 19.7. The van der Waals surface area contributed by atoms with Crippen LogP contribution in [0.4, 0.5) is 5.69 Å². The molecule has 1 amide bonds. The van der Waals surface area contributed by atoms with Crippen molar-refractivity contribution in [3.8, 4) is 11.5 Å². The zero-order chi connectivity index (χ0) is 21.9. The number of carbonyl (C=O) groups is 1. The number of imidazole rings is 1. The predicted octanol–water partition coefficient (Wildman–Crippen LogP) is 4.64. The van der Waals surface area contributed by atoms with E-state index in [1.807, 2.05) is 77.7 Å². The molecule has 6 nitrogen and oxygen atoms in total. The summed E-state index contributed by atoms with van der Waals surface area (Å²) in [6.45, 7) is 1.78. The normalized spacial score (nSPS) is 16.0. The smallest absolute Gasteiger partial charge is 0.227 e. The van der Waals surface area contributed by atoms with Crippen LogP contribution in [0.2, 0.25) is 0 Å². The SMILES string of the molecule is COc1cccc(N2C[C@@H](c3nc4ccccc4n3CCOc3ccccc3)CC2=O)c1. The molecule has 32 heavy (non-hydrogen) atoms. The molecule has 0 spiro atoms. The summed E-state index contributed by atoms with van der Waals surface area (Å²) in [5, 5.41) is 0. The van der Waals surface area contributed by atoms with Crippen LogP contribution in [0.25, 0.3) is 11.0 Å². The molecule has 0 radical (unpaired) electrons. The Hall–Kier alpha value is -3.80. The number of hydrogen-bond donors (Lipinski definition) is 0. The molecule has 1 saturated heterocycles. The Kier molecular flexibility index (Phi) is 5.50. The molecule has 5 rings (SSSR count). The number of benzene rings is 3. The number of rotatable bonds is 7. The van der Waals surface area contributed by atoms with E-state index in [1.165, 1.54) is 0 Å². The average molecular weight is 428 g/mol. The summed E-state index contributed by atoms with van der Waals surface area (Å²) in [6, 6.07) is 25.5. The first-order chi connectivity index (χ1) is 15.7. The van der Waals surface area contributed by atoms with Crippen LogP contribution < -0.4 is 14.4 Å². The highest BCUT2D eigenvalue weighted by Gasteiger charge is 2.35. The first-order valence-corrected chi connectivity index (χ1v) is 10.8. The molecule has 6 heteroatoms. The minimum Gasteiger partial charge on any atom is -0.497 e. The zero-order valence-electron chi connectivity index (χ0n) is 18.0. The number of ether oxygens (including phenoxy) is 2. The van der Waals surface area contributed by atoms with E-state index in [9.17, 15) is 4.79 Å². The molecule has 1 atom stereocenters. The second-order valence-electron chi connectivity index (χ2n) is 7.88. The molecule has 162 valence electrons. The van der Waals surface area contributed by atoms with Crippen molar-refractivity contribution < 1.29 is 14.3 Å². The van der Waals surface area contributed by atoms with Crippen molar-refractivity contribution in [2.45, 2.75) is 18.9 Å². The summed E-state index contributed by atoms with van der Waals surface area (Å²) >= 11 is 0. The maximum absolute atomic E-state index is 12.9. The van der Waals surface area contributed by atoms with Crippen LogP contribution in [0.1, 0.15) is 18.2 Å². The molecule has 1 aliphatic heterocycles. The summed E-state index contributed by atoms with van der Waals surface area (Å²) in [5.74, 6) is 2.63. The third kappa shape index (κ3) is 3.91. The van der Waals surface area contributed by atoms with Gasteiger partial charge in [0.2, 0.25) is 5.91 Å². The number of fused-ring (bicyclic) bond motifs is 1. The van der Waals surface area contributed by atoms with Crippen LogP contribution in [0.5, 0.6) is 11.5 Å². The highest BCUT2D eigenvalue weighted by Crippen LogP contribution is 2.34. The van der Waals surface area contributed by atoms with E-state index in [2.05, 4.69) is 10.6 Å². The van der Waals surface area contributed by atoms with E-state index in [-0.39, 0.29) is 11.8 Å². The Morgan fingerprint density at radius 3 is 2.59 bits per heavy atom. The van der Waals surface area contributed by atoms with Crippen LogP contribution in [0, 0.1) is 0 Å². The summed E-state index contributed by atoms with van der Waals surface area (Å²) < 4.78 is 13.5. The van der Waals surface area contributed by atoms with Gasteiger partial charge in [-0.25, -0.2) is 4.98 Å². The number of nitrogens with zero attached hydrogens (tertiary/aromatic N) is 3. The second kappa shape index (κ2) is 8.75. The van der Waals surface area contributed by atoms with Crippen LogP contribution in [-0.4, -0.2) is 35.7 Å². The van der Waals surface area contributed by atoms with Gasteiger partial charge in [0.15, 0.2) is 0 Å². The van der Waals surface area contributed by atoms with Gasteiger partial charge in [-0.2, -0.15) is 0 Å². The van der Waals surface area contributed by atoms with Crippen LogP contribution in [0.15, 0.2) is 78.9 Å². The first-order valence-electron chi connectivity index (χ1n) is 10.8. The molecule has 0 bridgehead atoms. The van der Waals surface area contributed by atoms with E-state index in [4.69, 9.17) is 14.5 Å². The van der Waals surface area contributed by atoms with Gasteiger partial charge < -0.3 is 18.9 Å². The molecule has 0 aliphatic carbocycles. The van der Waals surface area contributed by atoms with E-state index in [0.29, 0.717) is 26.1 Å². The molecule has 1 aliphatic rings. The fourth-order valence-corrected chi connectivity index (χ4v) is 4.32. The molecule has 0 saturated carbocycles. The van der Waals surface area contributed by atoms with Gasteiger partial charge in [-0.05, 0) is 36.4 Å². The van der Waals surface area contributed by atoms with Gasteiger partial charge >= 0.3 is 0 Å². The van der Waals surface area contributed by atoms with Crippen molar-refractivity contribution in [1.29, 1.82) is 0 Å². The monoisotopic (exact) mass is 427 g/mol. The number of para-hydroxylation sites is 3. The zero-order valence-corrected chi connectivity index (χ0v) is 18.0. The van der Waals surface area contributed by atoms with Crippen LogP contribution >= 0.6 is 0 Å². The predicted molar refractivity (Wildman–Crippen MR) is 124 cm³/mol. The fourth-order valence-electron chi connectivity index (χ4n) is 4.32. The van der Waals surface area contributed by atoms with Gasteiger partial charge in [0.25, 0.3) is 0 Å². The Morgan fingerprint density at radius 1 is 0.969 bits per heavy atom. The lowest BCUT2D eigenvalue weighted by atomic mass is 10.1. The lowest BCUT2D eigenvalue weighted by Crippen LogP contribution is -2.24. The van der Waals surface area contributed by atoms with Gasteiger partial charge in [-0.15, -0.1) is 0 Å². The standard InChI is InChI=1S/C26H25N3O3/c1-31-22-11-7-8-20(17-22)29-18-19(16-25(29)30)26-27-23-12-5-6-13-24(23)28(26)14-15-32-21-9-3-2-4-10-21/h2-13,17,19H,14-16,18H2,1H3/t19-/m0/s1. The van der Waals surface area contributed by atoms with E-state index in [1.54, 1.807) is 7.11 Å². The number of methoxy groups -OCH3 is 1. The molecular formula is C26H25N3O3. The minimum absolute atomic E-state index is 0.0119. The number of hydrogen-bond acceptors (Lipinski definition) is 4. The van der Waals surface area contributed by atoms with Crippen molar-refractivity contribution in [2.24, 2.45) is 0 Å². The highest BCUT2D eigenvalue weighted by molar-refractivity contribution is 5.96. The van der Waals surface area contributed by atoms with Crippen molar-refractivity contribution in [3.05, 3.63) is 84.7 Å². The van der Waals surface area contributed by atoms with Crippen molar-refractivity contribution in [2.75, 3.05) is 25.2 Å². The molecule has 4 aromatic rings. The summed E-state index contributed by atoms with van der Waals surface area (Å²) in [7, 11) is 1.63. The lowest BCUT2D eigenvalue weighted by molar-refractivity contribution is -0.117. The third-order valence-electron chi connectivity index (χ3n) is 5.87. The largest absolute Gasteiger partial charge is 0.497 e. The van der Waals surface area contributed by atoms with Crippen LogP contribution in [0.3, 0.4) is 0 Å². The van der Waals surface area contributed by atoms with Crippen molar-refractivity contribution in [3.63, 3.8) is 0 Å². The van der Waals surface area contributed by atoms with E-state index >= 15 is 0 Å². The quantitative estimate of drug-likeness (QED) is 0.431. The first kappa shape index (κ1) is 20.1. The molecule has 1 fully saturated rings. The Bertz CT molecular complexity index is 1240. The van der Waals surface area contributed by atoms with Gasteiger partial charge in [-0.1, -0.05) is 36.4 Å².